The summed E-state index contributed by atoms with van der Waals surface area (Å²) in [6, 6.07) is 16.1. The van der Waals surface area contributed by atoms with Gasteiger partial charge in [0.2, 0.25) is 0 Å². The molecule has 0 saturated carbocycles. The number of rotatable bonds is 6. The summed E-state index contributed by atoms with van der Waals surface area (Å²) in [7, 11) is 0. The molecule has 0 radical (unpaired) electrons. The van der Waals surface area contributed by atoms with Gasteiger partial charge in [0, 0.05) is 30.7 Å². The Hall–Kier alpha value is -3.54. The summed E-state index contributed by atoms with van der Waals surface area (Å²) in [6.07, 6.45) is 4.04. The van der Waals surface area contributed by atoms with Gasteiger partial charge in [0.15, 0.2) is 0 Å². The van der Waals surface area contributed by atoms with E-state index in [1.54, 1.807) is 6.07 Å². The van der Waals surface area contributed by atoms with Crippen molar-refractivity contribution in [3.8, 4) is 0 Å². The van der Waals surface area contributed by atoms with E-state index < -0.39 is 5.97 Å². The maximum atomic E-state index is 13.9. The number of fused-ring (bicyclic) bond motifs is 1. The van der Waals surface area contributed by atoms with Crippen molar-refractivity contribution in [2.24, 2.45) is 0 Å². The summed E-state index contributed by atoms with van der Waals surface area (Å²) >= 11 is 0. The van der Waals surface area contributed by atoms with E-state index in [4.69, 9.17) is 0 Å². The molecule has 5 nitrogen and oxygen atoms in total. The van der Waals surface area contributed by atoms with Crippen molar-refractivity contribution in [2.75, 3.05) is 0 Å². The minimum Gasteiger partial charge on any atom is -0.478 e. The molecule has 2 heterocycles. The van der Waals surface area contributed by atoms with E-state index in [1.165, 1.54) is 36.2 Å². The molecule has 140 valence electrons. The minimum atomic E-state index is -1.02. The number of aromatic carboxylic acids is 1. The van der Waals surface area contributed by atoms with Gasteiger partial charge in [-0.15, -0.1) is 0 Å². The molecule has 2 aromatic carbocycles. The highest BCUT2D eigenvalue weighted by Crippen LogP contribution is 2.24. The van der Waals surface area contributed by atoms with E-state index in [2.05, 4.69) is 22.2 Å². The predicted octanol–water partition coefficient (Wildman–Crippen LogP) is 4.10. The number of nitrogens with zero attached hydrogens (tertiary/aromatic N) is 3. The van der Waals surface area contributed by atoms with Crippen LogP contribution >= 0.6 is 0 Å². The molecule has 2 aromatic heterocycles. The van der Waals surface area contributed by atoms with Crippen LogP contribution in [0.15, 0.2) is 67.0 Å². The Kier molecular flexibility index (Phi) is 4.85. The lowest BCUT2D eigenvalue weighted by molar-refractivity contribution is 0.0695. The number of hydrogen-bond donors (Lipinski definition) is 1. The topological polar surface area (TPSA) is 68.0 Å². The lowest BCUT2D eigenvalue weighted by atomic mass is 10.0. The van der Waals surface area contributed by atoms with Gasteiger partial charge in [-0.1, -0.05) is 30.3 Å². The van der Waals surface area contributed by atoms with Crippen molar-refractivity contribution in [3.63, 3.8) is 0 Å². The molecule has 0 fully saturated rings. The Balaban J connectivity index is 1.70. The second-order valence-corrected chi connectivity index (χ2v) is 6.58. The van der Waals surface area contributed by atoms with Crippen molar-refractivity contribution < 1.29 is 14.3 Å². The van der Waals surface area contributed by atoms with Crippen molar-refractivity contribution >= 4 is 16.9 Å². The molecule has 0 aliphatic carbocycles. The van der Waals surface area contributed by atoms with Gasteiger partial charge in [-0.3, -0.25) is 9.67 Å². The van der Waals surface area contributed by atoms with Crippen molar-refractivity contribution in [1.82, 2.24) is 14.8 Å². The molecular formula is C22H18FN3O2. The minimum absolute atomic E-state index is 0.179. The molecule has 0 unspecified atom stereocenters. The molecule has 6 heteroatoms. The molecule has 1 N–H and O–H groups in total. The van der Waals surface area contributed by atoms with Crippen LogP contribution in [0.4, 0.5) is 4.39 Å². The first-order valence-electron chi connectivity index (χ1n) is 8.97. The third-order valence-electron chi connectivity index (χ3n) is 4.74. The predicted molar refractivity (Wildman–Crippen MR) is 104 cm³/mol. The molecule has 0 aliphatic rings. The number of aromatic nitrogens is 3. The maximum Gasteiger partial charge on any atom is 0.336 e. The third-order valence-corrected chi connectivity index (χ3v) is 4.74. The average Bonchev–Trinajstić information content (AvgIpc) is 3.04. The summed E-state index contributed by atoms with van der Waals surface area (Å²) < 4.78 is 15.7. The summed E-state index contributed by atoms with van der Waals surface area (Å²) in [5, 5.41) is 14.8. The zero-order chi connectivity index (χ0) is 19.5. The third kappa shape index (κ3) is 3.62. The Morgan fingerprint density at radius 3 is 2.71 bits per heavy atom. The van der Waals surface area contributed by atoms with E-state index in [0.29, 0.717) is 23.2 Å². The van der Waals surface area contributed by atoms with Crippen LogP contribution in [-0.2, 0) is 19.4 Å². The van der Waals surface area contributed by atoms with Crippen LogP contribution in [0.3, 0.4) is 0 Å². The van der Waals surface area contributed by atoms with Gasteiger partial charge in [0.1, 0.15) is 5.82 Å². The van der Waals surface area contributed by atoms with E-state index >= 15 is 0 Å². The van der Waals surface area contributed by atoms with Crippen molar-refractivity contribution in [3.05, 3.63) is 95.2 Å². The molecule has 0 amide bonds. The van der Waals surface area contributed by atoms with Crippen LogP contribution in [0.1, 0.15) is 27.2 Å². The second-order valence-electron chi connectivity index (χ2n) is 6.58. The maximum absolute atomic E-state index is 13.9. The standard InChI is InChI=1S/C22H18FN3O2/c23-17-6-7-21-19(13-17)20(12-16-14-24-10-8-18(16)22(27)28)25-26(21)11-9-15-4-2-1-3-5-15/h1-8,10,13-14H,9,11-12H2,(H,27,28). The number of benzene rings is 2. The molecule has 0 atom stereocenters. The second kappa shape index (κ2) is 7.60. The van der Waals surface area contributed by atoms with Crippen LogP contribution in [0, 0.1) is 5.82 Å². The summed E-state index contributed by atoms with van der Waals surface area (Å²) in [5.74, 6) is -1.36. The average molecular weight is 375 g/mol. The van der Waals surface area contributed by atoms with Gasteiger partial charge in [-0.2, -0.15) is 5.10 Å². The first-order chi connectivity index (χ1) is 13.6. The molecule has 0 bridgehead atoms. The molecule has 4 rings (SSSR count). The first-order valence-corrected chi connectivity index (χ1v) is 8.97. The number of hydrogen-bond acceptors (Lipinski definition) is 3. The van der Waals surface area contributed by atoms with Gasteiger partial charge in [0.05, 0.1) is 16.8 Å². The van der Waals surface area contributed by atoms with Crippen LogP contribution < -0.4 is 0 Å². The highest BCUT2D eigenvalue weighted by molar-refractivity contribution is 5.89. The van der Waals surface area contributed by atoms with E-state index in [1.807, 2.05) is 22.9 Å². The summed E-state index contributed by atoms with van der Waals surface area (Å²) in [6.45, 7) is 0.644. The summed E-state index contributed by atoms with van der Waals surface area (Å²) in [4.78, 5) is 15.5. The van der Waals surface area contributed by atoms with Crippen LogP contribution in [-0.4, -0.2) is 25.8 Å². The highest BCUT2D eigenvalue weighted by atomic mass is 19.1. The van der Waals surface area contributed by atoms with Crippen molar-refractivity contribution in [2.45, 2.75) is 19.4 Å². The fourth-order valence-electron chi connectivity index (χ4n) is 3.36. The zero-order valence-corrected chi connectivity index (χ0v) is 15.0. The quantitative estimate of drug-likeness (QED) is 0.551. The number of pyridine rings is 1. The van der Waals surface area contributed by atoms with E-state index in [0.717, 1.165) is 11.9 Å². The molecule has 0 aliphatic heterocycles. The van der Waals surface area contributed by atoms with Gasteiger partial charge in [-0.25, -0.2) is 9.18 Å². The number of carbonyl (C=O) groups is 1. The normalized spacial score (nSPS) is 11.0. The van der Waals surface area contributed by atoms with Gasteiger partial charge in [-0.05, 0) is 41.8 Å². The molecule has 0 spiro atoms. The van der Waals surface area contributed by atoms with Gasteiger partial charge < -0.3 is 5.11 Å². The van der Waals surface area contributed by atoms with E-state index in [9.17, 15) is 14.3 Å². The van der Waals surface area contributed by atoms with Crippen LogP contribution in [0.25, 0.3) is 10.9 Å². The van der Waals surface area contributed by atoms with Crippen molar-refractivity contribution in [1.29, 1.82) is 0 Å². The smallest absolute Gasteiger partial charge is 0.336 e. The summed E-state index contributed by atoms with van der Waals surface area (Å²) in [5.41, 5.74) is 3.38. The molecule has 28 heavy (non-hydrogen) atoms. The number of halogens is 1. The Morgan fingerprint density at radius 1 is 1.11 bits per heavy atom. The fourth-order valence-corrected chi connectivity index (χ4v) is 3.36. The zero-order valence-electron chi connectivity index (χ0n) is 15.0. The molecular weight excluding hydrogens is 357 g/mol. The Labute approximate surface area is 161 Å². The number of carboxylic acid groups (broad SMARTS) is 1. The number of aryl methyl sites for hydroxylation is 2. The number of carboxylic acids is 1. The monoisotopic (exact) mass is 375 g/mol. The SMILES string of the molecule is O=C(O)c1ccncc1Cc1nn(CCc2ccccc2)c2ccc(F)cc12. The largest absolute Gasteiger partial charge is 0.478 e. The van der Waals surface area contributed by atoms with E-state index in [-0.39, 0.29) is 17.8 Å². The van der Waals surface area contributed by atoms with Crippen LogP contribution in [0.5, 0.6) is 0 Å². The van der Waals surface area contributed by atoms with Crippen LogP contribution in [0.2, 0.25) is 0 Å². The van der Waals surface area contributed by atoms with Gasteiger partial charge >= 0.3 is 5.97 Å². The molecule has 0 saturated heterocycles. The Morgan fingerprint density at radius 2 is 1.93 bits per heavy atom. The Bertz CT molecular complexity index is 1140. The first kappa shape index (κ1) is 17.9. The van der Waals surface area contributed by atoms with Gasteiger partial charge in [0.25, 0.3) is 0 Å². The fraction of sp³-hybridized carbons (Fsp3) is 0.136. The lowest BCUT2D eigenvalue weighted by Crippen LogP contribution is -2.06. The molecule has 4 aromatic rings. The highest BCUT2D eigenvalue weighted by Gasteiger charge is 2.16. The lowest BCUT2D eigenvalue weighted by Gasteiger charge is -2.04.